The molecule has 3 nitrogen and oxygen atoms in total. The van der Waals surface area contributed by atoms with Crippen LogP contribution in [0.1, 0.15) is 59.3 Å². The van der Waals surface area contributed by atoms with Crippen molar-refractivity contribution in [3.63, 3.8) is 0 Å². The first kappa shape index (κ1) is 14.3. The highest BCUT2D eigenvalue weighted by Gasteiger charge is 2.39. The molecule has 1 saturated heterocycles. The van der Waals surface area contributed by atoms with Crippen LogP contribution in [0.2, 0.25) is 0 Å². The average molecular weight is 273 g/mol. The molecule has 0 amide bonds. The molecule has 2 rings (SSSR count). The van der Waals surface area contributed by atoms with E-state index in [1.807, 2.05) is 0 Å². The van der Waals surface area contributed by atoms with E-state index in [2.05, 4.69) is 26.1 Å². The summed E-state index contributed by atoms with van der Waals surface area (Å²) in [5.41, 5.74) is 0.275. The van der Waals surface area contributed by atoms with Crippen molar-refractivity contribution in [2.24, 2.45) is 5.41 Å². The van der Waals surface area contributed by atoms with E-state index >= 15 is 0 Å². The minimum atomic E-state index is -2.80. The predicted octanol–water partition coefficient (Wildman–Crippen LogP) is 2.51. The van der Waals surface area contributed by atoms with Gasteiger partial charge in [-0.3, -0.25) is 0 Å². The molecule has 2 fully saturated rings. The summed E-state index contributed by atoms with van der Waals surface area (Å²) in [6, 6.07) is 0.505. The van der Waals surface area contributed by atoms with E-state index in [0.29, 0.717) is 23.0 Å². The maximum Gasteiger partial charge on any atom is 0.152 e. The van der Waals surface area contributed by atoms with Crippen LogP contribution in [0.5, 0.6) is 0 Å². The Kier molecular flexibility index (Phi) is 3.81. The van der Waals surface area contributed by atoms with Gasteiger partial charge in [0, 0.05) is 11.6 Å². The van der Waals surface area contributed by atoms with Gasteiger partial charge in [0.2, 0.25) is 0 Å². The number of nitrogens with one attached hydrogen (secondary N) is 1. The Morgan fingerprint density at radius 2 is 1.78 bits per heavy atom. The van der Waals surface area contributed by atoms with Crippen molar-refractivity contribution in [1.82, 2.24) is 5.32 Å². The molecule has 1 aliphatic carbocycles. The van der Waals surface area contributed by atoms with Crippen molar-refractivity contribution >= 4 is 9.84 Å². The number of hydrogen-bond acceptors (Lipinski definition) is 3. The highest BCUT2D eigenvalue weighted by molar-refractivity contribution is 7.91. The Balaban J connectivity index is 1.94. The molecule has 106 valence electrons. The zero-order valence-corrected chi connectivity index (χ0v) is 12.8. The Hall–Kier alpha value is -0.0900. The number of hydrogen-bond donors (Lipinski definition) is 1. The smallest absolute Gasteiger partial charge is 0.152 e. The molecule has 2 aliphatic rings. The summed E-state index contributed by atoms with van der Waals surface area (Å²) < 4.78 is 23.2. The normalized spacial score (nSPS) is 39.4. The van der Waals surface area contributed by atoms with Crippen molar-refractivity contribution in [1.29, 1.82) is 0 Å². The van der Waals surface area contributed by atoms with Gasteiger partial charge in [-0.05, 0) is 44.4 Å². The van der Waals surface area contributed by atoms with Gasteiger partial charge in [-0.25, -0.2) is 8.42 Å². The van der Waals surface area contributed by atoms with Gasteiger partial charge < -0.3 is 5.32 Å². The number of rotatable bonds is 2. The van der Waals surface area contributed by atoms with Crippen LogP contribution in [-0.2, 0) is 9.84 Å². The molecule has 0 radical (unpaired) electrons. The Bertz CT molecular complexity index is 402. The average Bonchev–Trinajstić information content (AvgIpc) is 2.38. The lowest BCUT2D eigenvalue weighted by Crippen LogP contribution is -2.49. The Morgan fingerprint density at radius 1 is 1.06 bits per heavy atom. The van der Waals surface area contributed by atoms with E-state index in [-0.39, 0.29) is 5.54 Å². The van der Waals surface area contributed by atoms with E-state index in [4.69, 9.17) is 0 Å². The molecule has 18 heavy (non-hydrogen) atoms. The van der Waals surface area contributed by atoms with E-state index in [1.54, 1.807) is 0 Å². The van der Waals surface area contributed by atoms with Gasteiger partial charge in [0.1, 0.15) is 0 Å². The summed E-state index contributed by atoms with van der Waals surface area (Å²) in [4.78, 5) is 0. The van der Waals surface area contributed by atoms with Gasteiger partial charge in [-0.2, -0.15) is 0 Å². The van der Waals surface area contributed by atoms with E-state index in [9.17, 15) is 8.42 Å². The molecule has 2 atom stereocenters. The van der Waals surface area contributed by atoms with Gasteiger partial charge in [-0.1, -0.05) is 20.3 Å². The molecule has 0 aromatic rings. The van der Waals surface area contributed by atoms with Crippen LogP contribution in [0.15, 0.2) is 0 Å². The second-order valence-corrected chi connectivity index (χ2v) is 9.52. The summed E-state index contributed by atoms with van der Waals surface area (Å²) in [6.07, 6.45) is 6.94. The van der Waals surface area contributed by atoms with Crippen molar-refractivity contribution in [3.05, 3.63) is 0 Å². The highest BCUT2D eigenvalue weighted by Crippen LogP contribution is 2.35. The Morgan fingerprint density at radius 3 is 2.39 bits per heavy atom. The minimum absolute atomic E-state index is 0.183. The monoisotopic (exact) mass is 273 g/mol. The SMILES string of the molecule is CC1(C)CCCC(NC2(C)CCS(=O)(=O)C2)CC1. The third kappa shape index (κ3) is 3.70. The van der Waals surface area contributed by atoms with Crippen molar-refractivity contribution in [2.75, 3.05) is 11.5 Å². The van der Waals surface area contributed by atoms with Crippen LogP contribution < -0.4 is 5.32 Å². The van der Waals surface area contributed by atoms with Crippen molar-refractivity contribution < 1.29 is 8.42 Å². The van der Waals surface area contributed by atoms with Crippen LogP contribution in [0.25, 0.3) is 0 Å². The van der Waals surface area contributed by atoms with Gasteiger partial charge in [-0.15, -0.1) is 0 Å². The molecule has 0 aromatic heterocycles. The van der Waals surface area contributed by atoms with Crippen LogP contribution in [0.4, 0.5) is 0 Å². The van der Waals surface area contributed by atoms with Crippen LogP contribution >= 0.6 is 0 Å². The van der Waals surface area contributed by atoms with Gasteiger partial charge in [0.15, 0.2) is 9.84 Å². The van der Waals surface area contributed by atoms with E-state index in [0.717, 1.165) is 6.42 Å². The zero-order valence-electron chi connectivity index (χ0n) is 12.0. The Labute approximate surface area is 112 Å². The predicted molar refractivity (Wildman–Crippen MR) is 75.5 cm³/mol. The molecule has 4 heteroatoms. The lowest BCUT2D eigenvalue weighted by Gasteiger charge is -2.30. The molecule has 1 saturated carbocycles. The van der Waals surface area contributed by atoms with E-state index in [1.165, 1.54) is 32.1 Å². The molecule has 1 N–H and O–H groups in total. The highest BCUT2D eigenvalue weighted by atomic mass is 32.2. The molecular formula is C14H27NO2S. The quantitative estimate of drug-likeness (QED) is 0.786. The second kappa shape index (κ2) is 4.78. The fraction of sp³-hybridized carbons (Fsp3) is 1.00. The molecule has 1 heterocycles. The first-order chi connectivity index (χ1) is 8.20. The molecule has 1 aliphatic heterocycles. The first-order valence-corrected chi connectivity index (χ1v) is 9.00. The van der Waals surface area contributed by atoms with Crippen LogP contribution in [0, 0.1) is 5.41 Å². The molecule has 2 unspecified atom stereocenters. The van der Waals surface area contributed by atoms with E-state index < -0.39 is 9.84 Å². The zero-order chi connectivity index (χ0) is 13.4. The minimum Gasteiger partial charge on any atom is -0.308 e. The topological polar surface area (TPSA) is 46.2 Å². The molecule has 0 spiro atoms. The molecular weight excluding hydrogens is 246 g/mol. The lowest BCUT2D eigenvalue weighted by atomic mass is 9.85. The van der Waals surface area contributed by atoms with Gasteiger partial charge in [0.05, 0.1) is 11.5 Å². The standard InChI is InChI=1S/C14H27NO2S/c1-13(2)7-4-5-12(6-8-13)15-14(3)9-10-18(16,17)11-14/h12,15H,4-11H2,1-3H3. The van der Waals surface area contributed by atoms with Crippen molar-refractivity contribution in [3.8, 4) is 0 Å². The maximum atomic E-state index is 11.6. The summed E-state index contributed by atoms with van der Waals surface area (Å²) in [5.74, 6) is 0.675. The number of sulfone groups is 1. The first-order valence-electron chi connectivity index (χ1n) is 7.18. The van der Waals surface area contributed by atoms with Gasteiger partial charge in [0.25, 0.3) is 0 Å². The van der Waals surface area contributed by atoms with Crippen LogP contribution in [-0.4, -0.2) is 31.5 Å². The fourth-order valence-corrected chi connectivity index (χ4v) is 5.53. The summed E-state index contributed by atoms with van der Waals surface area (Å²) in [5, 5.41) is 3.65. The lowest BCUT2D eigenvalue weighted by molar-refractivity contribution is 0.291. The summed E-state index contributed by atoms with van der Waals surface area (Å²) in [7, 11) is -2.80. The van der Waals surface area contributed by atoms with Crippen LogP contribution in [0.3, 0.4) is 0 Å². The largest absolute Gasteiger partial charge is 0.308 e. The second-order valence-electron chi connectivity index (χ2n) is 7.34. The third-order valence-electron chi connectivity index (χ3n) is 4.63. The summed E-state index contributed by atoms with van der Waals surface area (Å²) >= 11 is 0. The van der Waals surface area contributed by atoms with Gasteiger partial charge >= 0.3 is 0 Å². The third-order valence-corrected chi connectivity index (χ3v) is 6.53. The molecule has 0 bridgehead atoms. The summed E-state index contributed by atoms with van der Waals surface area (Å²) in [6.45, 7) is 6.77. The molecule has 0 aromatic carbocycles. The fourth-order valence-electron chi connectivity index (χ4n) is 3.42. The maximum absolute atomic E-state index is 11.6. The van der Waals surface area contributed by atoms with Crippen molar-refractivity contribution in [2.45, 2.75) is 70.9 Å².